The highest BCUT2D eigenvalue weighted by Gasteiger charge is 2.51. The molecule has 0 saturated heterocycles. The van der Waals surface area contributed by atoms with Crippen LogP contribution in [0.5, 0.6) is 0 Å². The fourth-order valence-electron chi connectivity index (χ4n) is 5.69. The largest absolute Gasteiger partial charge is 0.472 e. The molecule has 6 unspecified atom stereocenters. The third-order valence-electron chi connectivity index (χ3n) is 8.86. The second-order valence-electron chi connectivity index (χ2n) is 13.4. The van der Waals surface area contributed by atoms with Crippen LogP contribution in [-0.4, -0.2) is 98.3 Å². The Kier molecular flexibility index (Phi) is 26.2. The second-order valence-corrected chi connectivity index (χ2v) is 14.8. The first-order chi connectivity index (χ1) is 23.9. The number of rotatable bonds is 30. The number of aliphatic hydroxyl groups excluding tert-OH is 5. The first-order valence-corrected chi connectivity index (χ1v) is 20.5. The predicted molar refractivity (Wildman–Crippen MR) is 189 cm³/mol. The van der Waals surface area contributed by atoms with E-state index in [1.807, 2.05) is 0 Å². The standard InChI is InChI=1S/C36H67O13P/c1-3-5-7-9-11-13-14-15-17-18-20-22-24-29(37)46-26-28(48-30(38)25-23-21-19-16-12-10-8-6-4-2)27-47-50(44,45)49-36-34(42)32(40)31(39)33(41)35(36)43/h11,13,28,31-36,39-43H,3-10,12,14-27H2,1-2H3,(H,44,45)/b13-11-/t28-,31?,32-,33?,34?,35?,36?/m1/s1. The molecule has 50 heavy (non-hydrogen) atoms. The van der Waals surface area contributed by atoms with E-state index in [9.17, 15) is 44.6 Å². The highest BCUT2D eigenvalue weighted by Crippen LogP contribution is 2.47. The molecule has 1 rings (SSSR count). The van der Waals surface area contributed by atoms with Gasteiger partial charge in [-0.1, -0.05) is 109 Å². The van der Waals surface area contributed by atoms with Crippen LogP contribution in [0.4, 0.5) is 0 Å². The van der Waals surface area contributed by atoms with Crippen molar-refractivity contribution in [2.45, 2.75) is 191 Å². The lowest BCUT2D eigenvalue weighted by molar-refractivity contribution is -0.220. The van der Waals surface area contributed by atoms with Crippen LogP contribution in [0.2, 0.25) is 0 Å². The Hall–Kier alpha value is -1.41. The van der Waals surface area contributed by atoms with Gasteiger partial charge in [0.1, 0.15) is 43.2 Å². The van der Waals surface area contributed by atoms with E-state index in [4.69, 9.17) is 18.5 Å². The minimum Gasteiger partial charge on any atom is -0.462 e. The van der Waals surface area contributed by atoms with Crippen molar-refractivity contribution in [3.63, 3.8) is 0 Å². The zero-order valence-corrected chi connectivity index (χ0v) is 31.3. The molecule has 0 heterocycles. The fourth-order valence-corrected chi connectivity index (χ4v) is 6.66. The maximum absolute atomic E-state index is 12.7. The topological polar surface area (TPSA) is 210 Å². The monoisotopic (exact) mass is 738 g/mol. The van der Waals surface area contributed by atoms with E-state index in [2.05, 4.69) is 26.0 Å². The van der Waals surface area contributed by atoms with Gasteiger partial charge < -0.3 is 39.9 Å². The smallest absolute Gasteiger partial charge is 0.462 e. The SMILES string of the molecule is CCCCC/C=C\CCCCCCCC(=O)OC[C@H](COP(=O)(O)OC1C(O)C(O)C(O)[C@@H](O)C1O)OC(=O)CCCCCCCCCCC. The average Bonchev–Trinajstić information content (AvgIpc) is 3.09. The summed E-state index contributed by atoms with van der Waals surface area (Å²) in [6.07, 6.45) is 11.6. The molecule has 1 saturated carbocycles. The van der Waals surface area contributed by atoms with Crippen molar-refractivity contribution in [3.05, 3.63) is 12.2 Å². The van der Waals surface area contributed by atoms with Gasteiger partial charge in [-0.15, -0.1) is 0 Å². The van der Waals surface area contributed by atoms with E-state index in [-0.39, 0.29) is 12.8 Å². The molecule has 0 amide bonds. The van der Waals surface area contributed by atoms with Gasteiger partial charge >= 0.3 is 19.8 Å². The Morgan fingerprint density at radius 1 is 0.600 bits per heavy atom. The molecule has 0 aliphatic heterocycles. The van der Waals surface area contributed by atoms with Crippen molar-refractivity contribution in [2.75, 3.05) is 13.2 Å². The maximum Gasteiger partial charge on any atom is 0.472 e. The average molecular weight is 739 g/mol. The zero-order chi connectivity index (χ0) is 37.2. The Balaban J connectivity index is 2.56. The van der Waals surface area contributed by atoms with Crippen molar-refractivity contribution in [3.8, 4) is 0 Å². The van der Waals surface area contributed by atoms with Crippen LogP contribution < -0.4 is 0 Å². The van der Waals surface area contributed by atoms with Crippen LogP contribution in [0.1, 0.15) is 149 Å². The van der Waals surface area contributed by atoms with Crippen LogP contribution in [-0.2, 0) is 32.7 Å². The first-order valence-electron chi connectivity index (χ1n) is 19.0. The number of phosphoric ester groups is 1. The summed E-state index contributed by atoms with van der Waals surface area (Å²) in [4.78, 5) is 35.3. The number of hydrogen-bond acceptors (Lipinski definition) is 12. The predicted octanol–water partition coefficient (Wildman–Crippen LogP) is 5.55. The van der Waals surface area contributed by atoms with Gasteiger partial charge in [-0.3, -0.25) is 18.6 Å². The number of aliphatic hydroxyl groups is 5. The minimum absolute atomic E-state index is 0.0980. The van der Waals surface area contributed by atoms with Gasteiger partial charge in [0.15, 0.2) is 6.10 Å². The van der Waals surface area contributed by atoms with Crippen molar-refractivity contribution in [1.82, 2.24) is 0 Å². The molecule has 1 fully saturated rings. The van der Waals surface area contributed by atoms with E-state index in [0.29, 0.717) is 12.8 Å². The highest BCUT2D eigenvalue weighted by atomic mass is 31.2. The lowest BCUT2D eigenvalue weighted by atomic mass is 9.85. The molecule has 294 valence electrons. The molecule has 1 aliphatic carbocycles. The van der Waals surface area contributed by atoms with Gasteiger partial charge in [0.25, 0.3) is 0 Å². The summed E-state index contributed by atoms with van der Waals surface area (Å²) in [6, 6.07) is 0. The summed E-state index contributed by atoms with van der Waals surface area (Å²) < 4.78 is 33.2. The summed E-state index contributed by atoms with van der Waals surface area (Å²) in [5, 5.41) is 49.8. The molecule has 0 aromatic heterocycles. The molecule has 6 N–H and O–H groups in total. The molecule has 1 aliphatic rings. The Morgan fingerprint density at radius 3 is 1.56 bits per heavy atom. The number of unbranched alkanes of at least 4 members (excludes halogenated alkanes) is 16. The second kappa shape index (κ2) is 28.1. The fraction of sp³-hybridized carbons (Fsp3) is 0.889. The zero-order valence-electron chi connectivity index (χ0n) is 30.4. The molecule has 0 aromatic carbocycles. The third kappa shape index (κ3) is 21.2. The lowest BCUT2D eigenvalue weighted by Crippen LogP contribution is -2.64. The Labute approximate surface area is 299 Å². The van der Waals surface area contributed by atoms with E-state index in [1.165, 1.54) is 44.9 Å². The number of allylic oxidation sites excluding steroid dienone is 2. The molecule has 0 radical (unpaired) electrons. The van der Waals surface area contributed by atoms with Crippen LogP contribution in [0.15, 0.2) is 12.2 Å². The molecule has 0 aromatic rings. The third-order valence-corrected chi connectivity index (χ3v) is 9.84. The molecule has 0 spiro atoms. The normalized spacial score (nSPS) is 24.2. The van der Waals surface area contributed by atoms with Gasteiger partial charge in [0.2, 0.25) is 0 Å². The molecule has 0 bridgehead atoms. The number of hydrogen-bond donors (Lipinski definition) is 6. The molecule has 13 nitrogen and oxygen atoms in total. The summed E-state index contributed by atoms with van der Waals surface area (Å²) in [7, 11) is -5.10. The van der Waals surface area contributed by atoms with E-state index in [0.717, 1.165) is 64.2 Å². The lowest BCUT2D eigenvalue weighted by Gasteiger charge is -2.41. The van der Waals surface area contributed by atoms with Crippen molar-refractivity contribution in [2.24, 2.45) is 0 Å². The molecule has 8 atom stereocenters. The quantitative estimate of drug-likeness (QED) is 0.0231. The maximum atomic E-state index is 12.7. The summed E-state index contributed by atoms with van der Waals surface area (Å²) in [5.41, 5.74) is 0. The number of phosphoric acid groups is 1. The van der Waals surface area contributed by atoms with Gasteiger partial charge in [-0.25, -0.2) is 4.57 Å². The van der Waals surface area contributed by atoms with E-state index < -0.39 is 75.7 Å². The number of carbonyl (C=O) groups is 2. The van der Waals surface area contributed by atoms with Crippen LogP contribution in [0, 0.1) is 0 Å². The van der Waals surface area contributed by atoms with E-state index >= 15 is 0 Å². The molecular formula is C36H67O13P. The van der Waals surface area contributed by atoms with Crippen LogP contribution in [0.25, 0.3) is 0 Å². The number of ether oxygens (including phenoxy) is 2. The van der Waals surface area contributed by atoms with Gasteiger partial charge in [0.05, 0.1) is 6.61 Å². The summed E-state index contributed by atoms with van der Waals surface area (Å²) in [6.45, 7) is 3.20. The van der Waals surface area contributed by atoms with Crippen molar-refractivity contribution < 1.29 is 63.1 Å². The van der Waals surface area contributed by atoms with Crippen molar-refractivity contribution >= 4 is 19.8 Å². The van der Waals surface area contributed by atoms with Gasteiger partial charge in [-0.2, -0.15) is 0 Å². The van der Waals surface area contributed by atoms with Crippen LogP contribution >= 0.6 is 7.82 Å². The molecule has 14 heteroatoms. The number of esters is 2. The Bertz CT molecular complexity index is 948. The highest BCUT2D eigenvalue weighted by molar-refractivity contribution is 7.47. The minimum atomic E-state index is -5.10. The van der Waals surface area contributed by atoms with E-state index in [1.54, 1.807) is 0 Å². The molecular weight excluding hydrogens is 671 g/mol. The summed E-state index contributed by atoms with van der Waals surface area (Å²) >= 11 is 0. The van der Waals surface area contributed by atoms with Gasteiger partial charge in [-0.05, 0) is 38.5 Å². The number of carbonyl (C=O) groups excluding carboxylic acids is 2. The van der Waals surface area contributed by atoms with Crippen molar-refractivity contribution in [1.29, 1.82) is 0 Å². The first kappa shape index (κ1) is 46.6. The van der Waals surface area contributed by atoms with Gasteiger partial charge in [0, 0.05) is 12.8 Å². The Morgan fingerprint density at radius 2 is 1.02 bits per heavy atom. The summed E-state index contributed by atoms with van der Waals surface area (Å²) in [5.74, 6) is -1.11. The van der Waals surface area contributed by atoms with Crippen LogP contribution in [0.3, 0.4) is 0 Å².